The Hall–Kier alpha value is 0.0800. The number of pyridine rings is 1. The van der Waals surface area contributed by atoms with Crippen molar-refractivity contribution in [3.63, 3.8) is 0 Å². The summed E-state index contributed by atoms with van der Waals surface area (Å²) in [5.41, 5.74) is 0. The average Bonchev–Trinajstić information content (AvgIpc) is 2.16. The van der Waals surface area contributed by atoms with E-state index in [4.69, 9.17) is 0 Å². The van der Waals surface area contributed by atoms with E-state index < -0.39 is 6.48 Å². The van der Waals surface area contributed by atoms with Gasteiger partial charge in [-0.15, -0.1) is 0 Å². The molecule has 0 aliphatic carbocycles. The van der Waals surface area contributed by atoms with Crippen molar-refractivity contribution < 1.29 is 0 Å². The molecule has 16 heavy (non-hydrogen) atoms. The van der Waals surface area contributed by atoms with Crippen molar-refractivity contribution in [2.45, 2.75) is 38.2 Å². The molecule has 1 aromatic heterocycles. The van der Waals surface area contributed by atoms with Crippen LogP contribution in [-0.2, 0) is 0 Å². The molecule has 0 aliphatic rings. The number of hydrogen-bond donors (Lipinski definition) is 1. The Morgan fingerprint density at radius 3 is 2.19 bits per heavy atom. The number of nitrogens with zero attached hydrogens (tertiary/aromatic N) is 1. The molecular weight excluding hydrogens is 255 g/mol. The molecule has 2 nitrogen and oxygen atoms in total. The van der Waals surface area contributed by atoms with E-state index in [1.54, 1.807) is 0 Å². The summed E-state index contributed by atoms with van der Waals surface area (Å²) in [6.07, 6.45) is 1.84. The van der Waals surface area contributed by atoms with Crippen molar-refractivity contribution in [3.8, 4) is 0 Å². The lowest BCUT2D eigenvalue weighted by molar-refractivity contribution is 1.12. The van der Waals surface area contributed by atoms with E-state index in [1.807, 2.05) is 47.2 Å². The van der Waals surface area contributed by atoms with Crippen LogP contribution >= 0.6 is 29.2 Å². The lowest BCUT2D eigenvalue weighted by Gasteiger charge is -2.12. The van der Waals surface area contributed by atoms with Gasteiger partial charge >= 0.3 is 0 Å². The first-order chi connectivity index (χ1) is 7.58. The lowest BCUT2D eigenvalue weighted by Crippen LogP contribution is -1.95. The van der Waals surface area contributed by atoms with Crippen LogP contribution in [0.4, 0.5) is 5.82 Å². The topological polar surface area (TPSA) is 24.9 Å². The third-order valence-electron chi connectivity index (χ3n) is 1.58. The minimum absolute atomic E-state index is 0.663. The molecule has 0 atom stereocenters. The summed E-state index contributed by atoms with van der Waals surface area (Å²) in [7, 11) is 0. The van der Waals surface area contributed by atoms with Crippen LogP contribution in [0.25, 0.3) is 0 Å². The zero-order valence-corrected chi connectivity index (χ0v) is 12.9. The molecule has 90 valence electrons. The van der Waals surface area contributed by atoms with Gasteiger partial charge in [0.15, 0.2) is 5.82 Å². The molecule has 0 amide bonds. The van der Waals surface area contributed by atoms with Crippen molar-refractivity contribution in [3.05, 3.63) is 24.4 Å². The van der Waals surface area contributed by atoms with Crippen LogP contribution < -0.4 is 5.09 Å². The molecule has 0 spiro atoms. The van der Waals surface area contributed by atoms with Crippen LogP contribution in [0.3, 0.4) is 0 Å². The Kier molecular flexibility index (Phi) is 6.55. The van der Waals surface area contributed by atoms with Crippen molar-refractivity contribution in [2.75, 3.05) is 5.09 Å². The first-order valence-corrected chi connectivity index (χ1v) is 10.2. The molecule has 5 heteroatoms. The van der Waals surface area contributed by atoms with Gasteiger partial charge in [0.1, 0.15) is 0 Å². The van der Waals surface area contributed by atoms with E-state index in [1.165, 1.54) is 0 Å². The molecular formula is C11H20N2PS2+. The quantitative estimate of drug-likeness (QED) is 0.758. The van der Waals surface area contributed by atoms with Crippen LogP contribution in [0.15, 0.2) is 24.4 Å². The van der Waals surface area contributed by atoms with Gasteiger partial charge in [0, 0.05) is 16.7 Å². The Balaban J connectivity index is 2.56. The fourth-order valence-corrected chi connectivity index (χ4v) is 10.1. The normalized spacial score (nSPS) is 11.4. The monoisotopic (exact) mass is 275 g/mol. The molecule has 0 unspecified atom stereocenters. The Bertz CT molecular complexity index is 283. The van der Waals surface area contributed by atoms with Gasteiger partial charge in [-0.1, -0.05) is 33.8 Å². The van der Waals surface area contributed by atoms with Crippen LogP contribution in [-0.4, -0.2) is 15.5 Å². The average molecular weight is 275 g/mol. The lowest BCUT2D eigenvalue weighted by atomic mass is 10.5. The Morgan fingerprint density at radius 2 is 1.75 bits per heavy atom. The van der Waals surface area contributed by atoms with Crippen molar-refractivity contribution in [1.29, 1.82) is 0 Å². The number of aromatic nitrogens is 1. The van der Waals surface area contributed by atoms with Crippen molar-refractivity contribution >= 4 is 35.1 Å². The zero-order valence-electron chi connectivity index (χ0n) is 10.2. The van der Waals surface area contributed by atoms with Crippen LogP contribution in [0.5, 0.6) is 0 Å². The predicted molar refractivity (Wildman–Crippen MR) is 81.6 cm³/mol. The second kappa shape index (κ2) is 7.41. The molecule has 0 aromatic carbocycles. The summed E-state index contributed by atoms with van der Waals surface area (Å²) in [6.45, 7) is 8.31. The Labute approximate surface area is 108 Å². The molecule has 0 saturated heterocycles. The molecule has 1 aromatic rings. The summed E-state index contributed by atoms with van der Waals surface area (Å²) in [4.78, 5) is 4.32. The van der Waals surface area contributed by atoms with Gasteiger partial charge in [-0.3, -0.25) is 0 Å². The molecule has 0 fully saturated rings. The third-order valence-corrected chi connectivity index (χ3v) is 9.87. The molecule has 0 bridgehead atoms. The molecule has 0 saturated carbocycles. The molecule has 0 radical (unpaired) electrons. The van der Waals surface area contributed by atoms with Gasteiger partial charge in [0.25, 0.3) is 0 Å². The van der Waals surface area contributed by atoms with Crippen molar-refractivity contribution in [1.82, 2.24) is 4.98 Å². The largest absolute Gasteiger partial charge is 0.236 e. The predicted octanol–water partition coefficient (Wildman–Crippen LogP) is 4.74. The highest BCUT2D eigenvalue weighted by atomic mass is 33.1. The van der Waals surface area contributed by atoms with E-state index in [9.17, 15) is 0 Å². The number of anilines is 1. The van der Waals surface area contributed by atoms with Crippen molar-refractivity contribution in [2.24, 2.45) is 0 Å². The van der Waals surface area contributed by atoms with Gasteiger partial charge in [0.2, 0.25) is 6.48 Å². The van der Waals surface area contributed by atoms with Crippen LogP contribution in [0.1, 0.15) is 27.7 Å². The van der Waals surface area contributed by atoms with Gasteiger partial charge in [-0.05, 0) is 12.1 Å². The van der Waals surface area contributed by atoms with E-state index in [2.05, 4.69) is 37.8 Å². The minimum atomic E-state index is -0.675. The highest BCUT2D eigenvalue weighted by Crippen LogP contribution is 2.62. The Morgan fingerprint density at radius 1 is 1.12 bits per heavy atom. The fourth-order valence-electron chi connectivity index (χ4n) is 1.06. The SMILES string of the molecule is CC(C)S[PH+](Nc1ccccn1)SC(C)C. The first kappa shape index (κ1) is 14.1. The fraction of sp³-hybridized carbons (Fsp3) is 0.545. The second-order valence-corrected chi connectivity index (χ2v) is 11.8. The van der Waals surface area contributed by atoms with Gasteiger partial charge in [0.05, 0.1) is 22.8 Å². The third kappa shape index (κ3) is 5.97. The van der Waals surface area contributed by atoms with E-state index in [-0.39, 0.29) is 0 Å². The molecule has 0 aliphatic heterocycles. The summed E-state index contributed by atoms with van der Waals surface area (Å²) >= 11 is 4.07. The summed E-state index contributed by atoms with van der Waals surface area (Å²) in [5, 5.41) is 4.88. The smallest absolute Gasteiger partial charge is 0.208 e. The molecule has 1 rings (SSSR count). The van der Waals surface area contributed by atoms with E-state index >= 15 is 0 Å². The summed E-state index contributed by atoms with van der Waals surface area (Å²) in [6, 6.07) is 6.00. The maximum Gasteiger partial charge on any atom is 0.208 e. The number of hydrogen-bond acceptors (Lipinski definition) is 4. The maximum atomic E-state index is 4.32. The van der Waals surface area contributed by atoms with Crippen LogP contribution in [0.2, 0.25) is 0 Å². The van der Waals surface area contributed by atoms with Crippen LogP contribution in [0, 0.1) is 0 Å². The molecule has 1 heterocycles. The molecule has 1 N–H and O–H groups in total. The van der Waals surface area contributed by atoms with Gasteiger partial charge < -0.3 is 0 Å². The minimum Gasteiger partial charge on any atom is -0.236 e. The second-order valence-electron chi connectivity index (χ2n) is 3.96. The zero-order chi connectivity index (χ0) is 12.0. The number of nitrogens with one attached hydrogen (secondary N) is 1. The van der Waals surface area contributed by atoms with Gasteiger partial charge in [-0.25, -0.2) is 10.1 Å². The maximum absolute atomic E-state index is 4.32. The standard InChI is InChI=1S/C11H19N2PS2/c1-9(2)15-14(16-10(3)4)13-11-7-5-6-8-12-11/h5-10H,1-4H3,(H,12,13)/p+1. The number of rotatable bonds is 6. The highest BCUT2D eigenvalue weighted by Gasteiger charge is 2.23. The highest BCUT2D eigenvalue weighted by molar-refractivity contribution is 8.88. The van der Waals surface area contributed by atoms with E-state index in [0.29, 0.717) is 10.5 Å². The van der Waals surface area contributed by atoms with Gasteiger partial charge in [-0.2, -0.15) is 0 Å². The first-order valence-electron chi connectivity index (χ1n) is 5.46. The summed E-state index contributed by atoms with van der Waals surface area (Å²) in [5.74, 6) is 0.998. The summed E-state index contributed by atoms with van der Waals surface area (Å²) < 4.78 is 0. The van der Waals surface area contributed by atoms with E-state index in [0.717, 1.165) is 5.82 Å².